The molecule has 7 heteroatoms. The van der Waals surface area contributed by atoms with Crippen LogP contribution >= 0.6 is 0 Å². The van der Waals surface area contributed by atoms with Gasteiger partial charge < -0.3 is 10.8 Å². The van der Waals surface area contributed by atoms with Crippen molar-refractivity contribution in [3.8, 4) is 0 Å². The third-order valence-electron chi connectivity index (χ3n) is 3.82. The van der Waals surface area contributed by atoms with E-state index < -0.39 is 22.0 Å². The first-order valence-corrected chi connectivity index (χ1v) is 12.2. The number of carbonyl (C=O) groups excluding carboxylic acids is 2. The van der Waals surface area contributed by atoms with Crippen LogP contribution in [0.1, 0.15) is 45.2 Å². The molecule has 166 valence electrons. The summed E-state index contributed by atoms with van der Waals surface area (Å²) in [4.78, 5) is 21.3. The maximum atomic E-state index is 10.7. The molecule has 0 atom stereocenters. The first kappa shape index (κ1) is 27.0. The van der Waals surface area contributed by atoms with E-state index in [0.717, 1.165) is 11.1 Å². The summed E-state index contributed by atoms with van der Waals surface area (Å²) in [5.74, 6) is 1.01. The Hall–Kier alpha value is -3.00. The van der Waals surface area contributed by atoms with Crippen LogP contribution in [-0.2, 0) is 15.7 Å². The average Bonchev–Trinajstić information content (AvgIpc) is 2.74. The van der Waals surface area contributed by atoms with Crippen molar-refractivity contribution in [1.82, 2.24) is 0 Å². The molecular weight excluding hydrogens is 511 g/mol. The van der Waals surface area contributed by atoms with Crippen molar-refractivity contribution in [2.24, 2.45) is 0 Å². The molecule has 0 spiro atoms. The van der Waals surface area contributed by atoms with Crippen LogP contribution in [0.4, 0.5) is 0 Å². The Morgan fingerprint density at radius 1 is 0.719 bits per heavy atom. The van der Waals surface area contributed by atoms with Crippen LogP contribution in [-0.4, -0.2) is 45.0 Å². The second-order valence-corrected chi connectivity index (χ2v) is 8.53. The zero-order valence-electron chi connectivity index (χ0n) is 18.8. The fourth-order valence-electron chi connectivity index (χ4n) is 2.44. The molecule has 2 aromatic carbocycles. The molecule has 0 aliphatic rings. The molecule has 2 N–H and O–H groups in total. The number of rotatable bonds is 10. The van der Waals surface area contributed by atoms with Crippen molar-refractivity contribution >= 4 is 45.0 Å². The van der Waals surface area contributed by atoms with E-state index in [9.17, 15) is 9.59 Å². The van der Waals surface area contributed by atoms with Gasteiger partial charge in [-0.1, -0.05) is 60.7 Å². The Balaban J connectivity index is 0.000000324. The summed E-state index contributed by atoms with van der Waals surface area (Å²) in [6.45, 7) is 6.32. The average molecular weight is 539 g/mol. The van der Waals surface area contributed by atoms with E-state index in [4.69, 9.17) is 17.0 Å². The fourth-order valence-corrected chi connectivity index (χ4v) is 3.65. The van der Waals surface area contributed by atoms with Crippen molar-refractivity contribution in [2.75, 3.05) is 0 Å². The van der Waals surface area contributed by atoms with Gasteiger partial charge in [-0.2, -0.15) is 0 Å². The number of nitrogens with one attached hydrogen (secondary N) is 2. The minimum absolute atomic E-state index is 0.0529. The Kier molecular flexibility index (Phi) is 12.6. The van der Waals surface area contributed by atoms with Gasteiger partial charge >= 0.3 is 101 Å². The minimum atomic E-state index is -1.48. The molecule has 2 rings (SSSR count). The van der Waals surface area contributed by atoms with Crippen molar-refractivity contribution in [2.45, 2.75) is 34.1 Å². The van der Waals surface area contributed by atoms with E-state index in [1.165, 1.54) is 26.0 Å². The zero-order valence-corrected chi connectivity index (χ0v) is 21.6. The molecule has 0 unspecified atom stereocenters. The van der Waals surface area contributed by atoms with Crippen LogP contribution < -0.4 is 0 Å². The Morgan fingerprint density at radius 2 is 1.06 bits per heavy atom. The Bertz CT molecular complexity index is 904. The van der Waals surface area contributed by atoms with Gasteiger partial charge in [0.2, 0.25) is 0 Å². The van der Waals surface area contributed by atoms with E-state index in [0.29, 0.717) is 29.4 Å². The monoisotopic (exact) mass is 540 g/mol. The molecule has 0 aliphatic carbocycles. The van der Waals surface area contributed by atoms with E-state index in [1.54, 1.807) is 13.8 Å². The number of ketones is 2. The van der Waals surface area contributed by atoms with E-state index in [1.807, 2.05) is 60.7 Å². The molecule has 0 aromatic heterocycles. The van der Waals surface area contributed by atoms with Crippen LogP contribution in [0.5, 0.6) is 0 Å². The standard InChI is InChI=1S/C15H14N2.2C5H8O2.Sn/c16-14(12-7-3-1-4-8-12)11-15(17)13-9-5-2-6-10-13;2*1-4(6)3-5(2)7;/h1-10,16-17H,11H2;2*3,6H,1-2H3;/q;;;+2/p-2/b;4-3+;4-3-;. The number of hydrogen-bond acceptors (Lipinski definition) is 6. The molecule has 32 heavy (non-hydrogen) atoms. The van der Waals surface area contributed by atoms with Crippen LogP contribution in [0.15, 0.2) is 84.3 Å². The topological polar surface area (TPSA) is 100 Å². The van der Waals surface area contributed by atoms with Gasteiger partial charge in [0, 0.05) is 17.8 Å². The van der Waals surface area contributed by atoms with Gasteiger partial charge in [0.1, 0.15) is 0 Å². The summed E-state index contributed by atoms with van der Waals surface area (Å²) in [7, 11) is 0. The maximum absolute atomic E-state index is 10.7. The van der Waals surface area contributed by atoms with Gasteiger partial charge in [-0.3, -0.25) is 0 Å². The van der Waals surface area contributed by atoms with Crippen LogP contribution in [0, 0.1) is 10.8 Å². The fraction of sp³-hybridized carbons (Fsp3) is 0.200. The minimum Gasteiger partial charge on any atom is -0.304 e. The molecule has 0 amide bonds. The molecule has 0 heterocycles. The maximum Gasteiger partial charge on any atom is 0.0445 e. The molecule has 6 nitrogen and oxygen atoms in total. The Labute approximate surface area is 200 Å². The van der Waals surface area contributed by atoms with Crippen molar-refractivity contribution in [3.63, 3.8) is 0 Å². The smallest absolute Gasteiger partial charge is 0.0445 e. The summed E-state index contributed by atoms with van der Waals surface area (Å²) in [5.41, 5.74) is 2.74. The van der Waals surface area contributed by atoms with Crippen LogP contribution in [0.3, 0.4) is 0 Å². The third-order valence-corrected chi connectivity index (χ3v) is 6.13. The normalized spacial score (nSPS) is 11.0. The van der Waals surface area contributed by atoms with Gasteiger partial charge in [0.05, 0.1) is 0 Å². The zero-order chi connectivity index (χ0) is 23.9. The van der Waals surface area contributed by atoms with E-state index in [-0.39, 0.29) is 11.6 Å². The number of carbonyl (C=O) groups is 2. The summed E-state index contributed by atoms with van der Waals surface area (Å²) in [6.07, 6.45) is 3.19. The number of allylic oxidation sites excluding steroid dienone is 4. The molecule has 0 fully saturated rings. The second kappa shape index (κ2) is 14.9. The molecular formula is C25H28N2O4Sn. The van der Waals surface area contributed by atoms with Gasteiger partial charge in [0.15, 0.2) is 0 Å². The van der Waals surface area contributed by atoms with Crippen molar-refractivity contribution in [3.05, 3.63) is 95.5 Å². The summed E-state index contributed by atoms with van der Waals surface area (Å²) < 4.78 is 10.5. The second-order valence-electron chi connectivity index (χ2n) is 6.88. The molecule has 0 saturated heterocycles. The first-order valence-electron chi connectivity index (χ1n) is 9.91. The largest absolute Gasteiger partial charge is 0.304 e. The van der Waals surface area contributed by atoms with E-state index >= 15 is 0 Å². The molecule has 2 radical (unpaired) electrons. The molecule has 2 aromatic rings. The molecule has 0 saturated carbocycles. The number of benzene rings is 2. The predicted molar refractivity (Wildman–Crippen MR) is 128 cm³/mol. The Morgan fingerprint density at radius 3 is 1.38 bits per heavy atom. The quantitative estimate of drug-likeness (QED) is 0.191. The number of hydrogen-bond donors (Lipinski definition) is 2. The molecule has 0 aliphatic heterocycles. The van der Waals surface area contributed by atoms with Gasteiger partial charge in [0.25, 0.3) is 0 Å². The van der Waals surface area contributed by atoms with Crippen molar-refractivity contribution < 1.29 is 15.7 Å². The van der Waals surface area contributed by atoms with E-state index in [2.05, 4.69) is 0 Å². The van der Waals surface area contributed by atoms with Crippen LogP contribution in [0.25, 0.3) is 0 Å². The SMILES string of the molecule is CC(=O)/C=C(/C)[O][Sn][O]/C(C)=C/C(C)=O.N=C(CC(=N)c1ccccc1)c1ccccc1. The van der Waals surface area contributed by atoms with Crippen LogP contribution in [0.2, 0.25) is 0 Å². The third kappa shape index (κ3) is 12.0. The van der Waals surface area contributed by atoms with Crippen molar-refractivity contribution in [1.29, 1.82) is 10.8 Å². The van der Waals surface area contributed by atoms with Gasteiger partial charge in [-0.05, 0) is 11.1 Å². The predicted octanol–water partition coefficient (Wildman–Crippen LogP) is 5.05. The summed E-state index contributed by atoms with van der Waals surface area (Å²) in [6, 6.07) is 19.1. The van der Waals surface area contributed by atoms with Gasteiger partial charge in [-0.25, -0.2) is 0 Å². The molecule has 0 bridgehead atoms. The van der Waals surface area contributed by atoms with Gasteiger partial charge in [-0.15, -0.1) is 0 Å². The summed E-state index contributed by atoms with van der Waals surface area (Å²) in [5, 5.41) is 15.9. The summed E-state index contributed by atoms with van der Waals surface area (Å²) >= 11 is -1.48. The first-order chi connectivity index (χ1) is 15.2.